The average molecular weight is 358 g/mol. The second-order valence-corrected chi connectivity index (χ2v) is 10.6. The maximum Gasteiger partial charge on any atom is 0.0293 e. The van der Waals surface area contributed by atoms with Gasteiger partial charge in [-0.25, -0.2) is 0 Å². The van der Waals surface area contributed by atoms with Gasteiger partial charge in [0, 0.05) is 27.9 Å². The van der Waals surface area contributed by atoms with E-state index in [9.17, 15) is 0 Å². The van der Waals surface area contributed by atoms with E-state index in [4.69, 9.17) is 5.73 Å². The van der Waals surface area contributed by atoms with Crippen LogP contribution in [-0.4, -0.2) is 29.8 Å². The molecule has 0 aliphatic rings. The zero-order valence-electron chi connectivity index (χ0n) is 10.6. The fraction of sp³-hybridized carbons (Fsp3) is 0.455. The first-order valence-corrected chi connectivity index (χ1v) is 12.9. The van der Waals surface area contributed by atoms with E-state index >= 15 is 0 Å². The van der Waals surface area contributed by atoms with Gasteiger partial charge in [0.1, 0.15) is 0 Å². The minimum absolute atomic E-state index is 0.818. The Bertz CT molecular complexity index is 277. The van der Waals surface area contributed by atoms with Gasteiger partial charge in [-0.15, -0.1) is 0 Å². The van der Waals surface area contributed by atoms with Crippen molar-refractivity contribution < 1.29 is 0 Å². The van der Waals surface area contributed by atoms with Gasteiger partial charge >= 0.3 is 0 Å². The highest BCUT2D eigenvalue weighted by molar-refractivity contribution is 8.79. The van der Waals surface area contributed by atoms with Gasteiger partial charge < -0.3 is 5.73 Å². The van der Waals surface area contributed by atoms with Crippen molar-refractivity contribution in [1.29, 1.82) is 0 Å². The van der Waals surface area contributed by atoms with Crippen LogP contribution in [-0.2, 0) is 0 Å². The molecule has 0 radical (unpaired) electrons. The molecule has 0 fully saturated rings. The van der Waals surface area contributed by atoms with Crippen LogP contribution in [0.1, 0.15) is 0 Å². The van der Waals surface area contributed by atoms with Crippen molar-refractivity contribution in [3.05, 3.63) is 35.4 Å². The van der Waals surface area contributed by atoms with Crippen LogP contribution in [0.2, 0.25) is 0 Å². The number of allylic oxidation sites excluding steroid dienone is 2. The van der Waals surface area contributed by atoms with Crippen LogP contribution < -0.4 is 5.73 Å². The molecule has 0 bridgehead atoms. The van der Waals surface area contributed by atoms with Gasteiger partial charge in [-0.05, 0) is 18.6 Å². The summed E-state index contributed by atoms with van der Waals surface area (Å²) in [5.41, 5.74) is 6.74. The Kier molecular flexibility index (Phi) is 15.4. The third-order valence-corrected chi connectivity index (χ3v) is 7.66. The summed E-state index contributed by atoms with van der Waals surface area (Å²) in [7, 11) is 10.8. The molecule has 2 N–H and O–H groups in total. The second kappa shape index (κ2) is 14.5. The first-order valence-electron chi connectivity index (χ1n) is 5.15. The maximum atomic E-state index is 5.93. The number of hydrogen-bond donors (Lipinski definition) is 1. The third kappa shape index (κ3) is 12.2. The molecular weight excluding hydrogens is 339 g/mol. The monoisotopic (exact) mass is 357 g/mol. The summed E-state index contributed by atoms with van der Waals surface area (Å²) in [5, 5.41) is 0. The Labute approximate surface area is 135 Å². The molecular formula is C11H19NS6. The van der Waals surface area contributed by atoms with Gasteiger partial charge in [0.2, 0.25) is 0 Å². The molecule has 0 saturated carbocycles. The van der Waals surface area contributed by atoms with Crippen LogP contribution in [0.3, 0.4) is 0 Å². The van der Waals surface area contributed by atoms with Crippen LogP contribution in [0.25, 0.3) is 0 Å². The zero-order chi connectivity index (χ0) is 13.6. The molecule has 0 aromatic carbocycles. The molecule has 104 valence electrons. The predicted molar refractivity (Wildman–Crippen MR) is 103 cm³/mol. The Balaban J connectivity index is 3.98. The molecule has 0 heterocycles. The topological polar surface area (TPSA) is 26.0 Å². The summed E-state index contributed by atoms with van der Waals surface area (Å²) in [6, 6.07) is 0. The van der Waals surface area contributed by atoms with Crippen LogP contribution in [0.4, 0.5) is 0 Å². The molecule has 0 aromatic heterocycles. The van der Waals surface area contributed by atoms with E-state index in [1.54, 1.807) is 32.4 Å². The molecule has 0 rings (SSSR count). The maximum absolute atomic E-state index is 5.93. The standard InChI is InChI=1S/C11H19NS6/c1-4-11(18-17-8-7-16-14-3)9-10(12)5-6-15-13-2/h4-5,9H,1,6-8,12H2,2-3H3/b10-5+,11-9+. The first-order chi connectivity index (χ1) is 8.74. The molecule has 7 heteroatoms. The normalized spacial score (nSPS) is 12.8. The quantitative estimate of drug-likeness (QED) is 0.304. The molecule has 0 aliphatic carbocycles. The lowest BCUT2D eigenvalue weighted by atomic mass is 10.3. The lowest BCUT2D eigenvalue weighted by Crippen LogP contribution is -1.94. The summed E-state index contributed by atoms with van der Waals surface area (Å²) >= 11 is 0. The van der Waals surface area contributed by atoms with Crippen molar-refractivity contribution in [3.63, 3.8) is 0 Å². The summed E-state index contributed by atoms with van der Waals surface area (Å²) in [6.07, 6.45) is 10.1. The van der Waals surface area contributed by atoms with Crippen molar-refractivity contribution in [2.75, 3.05) is 29.8 Å². The smallest absolute Gasteiger partial charge is 0.0293 e. The van der Waals surface area contributed by atoms with Gasteiger partial charge in [0.15, 0.2) is 0 Å². The summed E-state index contributed by atoms with van der Waals surface area (Å²) < 4.78 is 0. The van der Waals surface area contributed by atoms with Gasteiger partial charge in [0.25, 0.3) is 0 Å². The minimum atomic E-state index is 0.818. The molecule has 0 atom stereocenters. The van der Waals surface area contributed by atoms with Gasteiger partial charge in [-0.1, -0.05) is 83.5 Å². The summed E-state index contributed by atoms with van der Waals surface area (Å²) in [6.45, 7) is 3.82. The summed E-state index contributed by atoms with van der Waals surface area (Å²) in [5.74, 6) is 3.24. The number of hydrogen-bond acceptors (Lipinski definition) is 7. The molecule has 0 aromatic rings. The second-order valence-electron chi connectivity index (χ2n) is 2.80. The fourth-order valence-electron chi connectivity index (χ4n) is 0.800. The van der Waals surface area contributed by atoms with E-state index < -0.39 is 0 Å². The molecule has 0 unspecified atom stereocenters. The fourth-order valence-corrected chi connectivity index (χ4v) is 5.72. The Hall–Kier alpha value is 1.12. The highest BCUT2D eigenvalue weighted by Crippen LogP contribution is 2.32. The van der Waals surface area contributed by atoms with Crippen LogP contribution in [0.5, 0.6) is 0 Å². The van der Waals surface area contributed by atoms with Crippen molar-refractivity contribution >= 4 is 64.8 Å². The minimum Gasteiger partial charge on any atom is -0.399 e. The van der Waals surface area contributed by atoms with Gasteiger partial charge in [-0.2, -0.15) is 0 Å². The van der Waals surface area contributed by atoms with E-state index in [0.29, 0.717) is 0 Å². The van der Waals surface area contributed by atoms with E-state index in [1.807, 2.05) is 50.6 Å². The van der Waals surface area contributed by atoms with Crippen LogP contribution in [0.15, 0.2) is 35.4 Å². The number of rotatable bonds is 11. The molecule has 0 saturated heterocycles. The third-order valence-electron chi connectivity index (χ3n) is 1.54. The Morgan fingerprint density at radius 3 is 2.39 bits per heavy atom. The Morgan fingerprint density at radius 1 is 1.11 bits per heavy atom. The van der Waals surface area contributed by atoms with Crippen molar-refractivity contribution in [1.82, 2.24) is 0 Å². The highest BCUT2D eigenvalue weighted by Gasteiger charge is 1.96. The zero-order valence-corrected chi connectivity index (χ0v) is 15.5. The highest BCUT2D eigenvalue weighted by atomic mass is 33.1. The van der Waals surface area contributed by atoms with Gasteiger partial charge in [-0.3, -0.25) is 0 Å². The molecule has 0 aliphatic heterocycles. The van der Waals surface area contributed by atoms with E-state index in [1.165, 1.54) is 5.75 Å². The Morgan fingerprint density at radius 2 is 1.78 bits per heavy atom. The predicted octanol–water partition coefficient (Wildman–Crippen LogP) is 5.30. The lowest BCUT2D eigenvalue weighted by Gasteiger charge is -2.02. The van der Waals surface area contributed by atoms with E-state index in [-0.39, 0.29) is 0 Å². The first kappa shape index (κ1) is 19.1. The number of nitrogens with two attached hydrogens (primary N) is 1. The van der Waals surface area contributed by atoms with Gasteiger partial charge in [0.05, 0.1) is 0 Å². The van der Waals surface area contributed by atoms with E-state index in [0.717, 1.165) is 22.1 Å². The van der Waals surface area contributed by atoms with Crippen molar-refractivity contribution in [2.45, 2.75) is 0 Å². The van der Waals surface area contributed by atoms with E-state index in [2.05, 4.69) is 19.1 Å². The molecule has 18 heavy (non-hydrogen) atoms. The summed E-state index contributed by atoms with van der Waals surface area (Å²) in [4.78, 5) is 1.12. The van der Waals surface area contributed by atoms with Crippen LogP contribution in [0, 0.1) is 0 Å². The SMILES string of the molecule is C=C/C(=C\C(N)=C/CSSC)SSCCSSC. The van der Waals surface area contributed by atoms with Crippen molar-refractivity contribution in [2.24, 2.45) is 5.73 Å². The molecule has 1 nitrogen and oxygen atoms in total. The average Bonchev–Trinajstić information content (AvgIpc) is 2.37. The molecule has 0 amide bonds. The van der Waals surface area contributed by atoms with Crippen LogP contribution >= 0.6 is 64.8 Å². The van der Waals surface area contributed by atoms with Crippen molar-refractivity contribution in [3.8, 4) is 0 Å². The lowest BCUT2D eigenvalue weighted by molar-refractivity contribution is 1.40. The largest absolute Gasteiger partial charge is 0.399 e. The molecule has 0 spiro atoms.